The third kappa shape index (κ3) is 2.24. The van der Waals surface area contributed by atoms with Gasteiger partial charge in [-0.15, -0.1) is 0 Å². The number of hydrogen-bond donors (Lipinski definition) is 0. The molecule has 0 aromatic heterocycles. The number of hydrogen-bond acceptors (Lipinski definition) is 1. The molecule has 1 aliphatic rings. The lowest BCUT2D eigenvalue weighted by atomic mass is 10.1. The third-order valence-corrected chi connectivity index (χ3v) is 3.28. The second-order valence-corrected chi connectivity index (χ2v) is 5.03. The Morgan fingerprint density at radius 1 is 1.36 bits per heavy atom. The maximum Gasteiger partial charge on any atom is 0.0179 e. The molecule has 0 nitrogen and oxygen atoms in total. The van der Waals surface area contributed by atoms with Gasteiger partial charge in [0.2, 0.25) is 0 Å². The van der Waals surface area contributed by atoms with Gasteiger partial charge in [0.25, 0.3) is 0 Å². The van der Waals surface area contributed by atoms with Crippen molar-refractivity contribution in [1.82, 2.24) is 0 Å². The van der Waals surface area contributed by atoms with Crippen molar-refractivity contribution < 1.29 is 0 Å². The molecule has 1 aromatic carbocycles. The van der Waals surface area contributed by atoms with E-state index < -0.39 is 0 Å². The second-order valence-electron chi connectivity index (χ2n) is 2.79. The van der Waals surface area contributed by atoms with Crippen LogP contribution in [-0.2, 0) is 6.42 Å². The van der Waals surface area contributed by atoms with E-state index in [4.69, 9.17) is 0 Å². The molecule has 1 aliphatic heterocycles. The van der Waals surface area contributed by atoms with Crippen LogP contribution >= 0.6 is 27.7 Å². The first kappa shape index (κ1) is 7.69. The van der Waals surface area contributed by atoms with Gasteiger partial charge in [-0.1, -0.05) is 28.1 Å². The summed E-state index contributed by atoms with van der Waals surface area (Å²) in [7, 11) is 0. The first-order chi connectivity index (χ1) is 5.34. The van der Waals surface area contributed by atoms with Crippen molar-refractivity contribution in [3.63, 3.8) is 0 Å². The van der Waals surface area contributed by atoms with Gasteiger partial charge in [0.1, 0.15) is 0 Å². The zero-order valence-electron chi connectivity index (χ0n) is 6.09. The van der Waals surface area contributed by atoms with Gasteiger partial charge in [-0.25, -0.2) is 0 Å². The summed E-state index contributed by atoms with van der Waals surface area (Å²) in [5, 5.41) is 0.913. The maximum atomic E-state index is 3.42. The van der Waals surface area contributed by atoms with E-state index in [2.05, 4.69) is 52.0 Å². The highest BCUT2D eigenvalue weighted by Crippen LogP contribution is 2.33. The average molecular weight is 229 g/mol. The predicted octanol–water partition coefficient (Wildman–Crippen LogP) is 3.11. The molecule has 2 heteroatoms. The summed E-state index contributed by atoms with van der Waals surface area (Å²) < 4.78 is 1.17. The fourth-order valence-corrected chi connectivity index (χ4v) is 1.90. The predicted molar refractivity (Wildman–Crippen MR) is 54.1 cm³/mol. The minimum absolute atomic E-state index is 0.913. The van der Waals surface area contributed by atoms with Crippen molar-refractivity contribution >= 4 is 27.7 Å². The van der Waals surface area contributed by atoms with Crippen molar-refractivity contribution in [2.75, 3.05) is 5.75 Å². The highest BCUT2D eigenvalue weighted by Gasteiger charge is 2.21. The largest absolute Gasteiger partial charge is 0.156 e. The minimum atomic E-state index is 0.913. The number of benzene rings is 1. The lowest BCUT2D eigenvalue weighted by molar-refractivity contribution is 1.02. The molecule has 2 rings (SSSR count). The van der Waals surface area contributed by atoms with E-state index in [1.807, 2.05) is 0 Å². The lowest BCUT2D eigenvalue weighted by Gasteiger charge is -1.97. The average Bonchev–Trinajstić information content (AvgIpc) is 2.78. The van der Waals surface area contributed by atoms with Gasteiger partial charge < -0.3 is 0 Å². The Labute approximate surface area is 79.5 Å². The van der Waals surface area contributed by atoms with Gasteiger partial charge in [0.05, 0.1) is 0 Å². The van der Waals surface area contributed by atoms with Crippen LogP contribution in [0.3, 0.4) is 0 Å². The third-order valence-electron chi connectivity index (χ3n) is 1.78. The van der Waals surface area contributed by atoms with Gasteiger partial charge in [-0.05, 0) is 24.1 Å². The summed E-state index contributed by atoms with van der Waals surface area (Å²) in [6, 6.07) is 8.62. The molecule has 58 valence electrons. The van der Waals surface area contributed by atoms with E-state index in [1.165, 1.54) is 22.2 Å². The van der Waals surface area contributed by atoms with Crippen LogP contribution in [0, 0.1) is 0 Å². The molecule has 1 heterocycles. The Kier molecular flexibility index (Phi) is 2.23. The van der Waals surface area contributed by atoms with Gasteiger partial charge in [-0.3, -0.25) is 0 Å². The Morgan fingerprint density at radius 2 is 2.00 bits per heavy atom. The molecule has 0 radical (unpaired) electrons. The quantitative estimate of drug-likeness (QED) is 0.702. The van der Waals surface area contributed by atoms with Crippen LogP contribution < -0.4 is 0 Å². The van der Waals surface area contributed by atoms with Crippen LogP contribution in [0.1, 0.15) is 5.56 Å². The van der Waals surface area contributed by atoms with Crippen LogP contribution in [0.4, 0.5) is 0 Å². The van der Waals surface area contributed by atoms with Crippen molar-refractivity contribution in [3.05, 3.63) is 34.3 Å². The van der Waals surface area contributed by atoms with Crippen molar-refractivity contribution in [3.8, 4) is 0 Å². The highest BCUT2D eigenvalue weighted by molar-refractivity contribution is 9.10. The van der Waals surface area contributed by atoms with E-state index in [9.17, 15) is 0 Å². The molecule has 0 bridgehead atoms. The van der Waals surface area contributed by atoms with Crippen molar-refractivity contribution in [2.45, 2.75) is 11.7 Å². The zero-order valence-corrected chi connectivity index (χ0v) is 8.49. The summed E-state index contributed by atoms with van der Waals surface area (Å²) in [5.74, 6) is 1.36. The molecule has 0 spiro atoms. The summed E-state index contributed by atoms with van der Waals surface area (Å²) >= 11 is 5.48. The maximum absolute atomic E-state index is 3.42. The Bertz CT molecular complexity index is 238. The fraction of sp³-hybridized carbons (Fsp3) is 0.333. The van der Waals surface area contributed by atoms with Crippen LogP contribution in [0.25, 0.3) is 0 Å². The topological polar surface area (TPSA) is 0 Å². The monoisotopic (exact) mass is 228 g/mol. The van der Waals surface area contributed by atoms with Crippen LogP contribution in [-0.4, -0.2) is 11.0 Å². The van der Waals surface area contributed by atoms with E-state index in [0.29, 0.717) is 0 Å². The van der Waals surface area contributed by atoms with Crippen molar-refractivity contribution in [2.24, 2.45) is 0 Å². The van der Waals surface area contributed by atoms with Gasteiger partial charge >= 0.3 is 0 Å². The standard InChI is InChI=1S/C9H9BrS/c10-8-3-1-7(2-4-8)5-9-6-11-9/h1-4,9H,5-6H2. The first-order valence-electron chi connectivity index (χ1n) is 3.70. The first-order valence-corrected chi connectivity index (χ1v) is 5.55. The van der Waals surface area contributed by atoms with Gasteiger partial charge in [0, 0.05) is 15.5 Å². The molecule has 0 amide bonds. The molecule has 1 atom stereocenters. The van der Waals surface area contributed by atoms with E-state index >= 15 is 0 Å². The molecule has 1 aromatic rings. The highest BCUT2D eigenvalue weighted by atomic mass is 79.9. The normalized spacial score (nSPS) is 21.7. The Balaban J connectivity index is 2.06. The molecule has 1 unspecified atom stereocenters. The second kappa shape index (κ2) is 3.20. The minimum Gasteiger partial charge on any atom is -0.156 e. The fourth-order valence-electron chi connectivity index (χ4n) is 1.07. The van der Waals surface area contributed by atoms with E-state index in [0.717, 1.165) is 5.25 Å². The SMILES string of the molecule is Brc1ccc(CC2CS2)cc1. The molecular formula is C9H9BrS. The molecule has 11 heavy (non-hydrogen) atoms. The van der Waals surface area contributed by atoms with Gasteiger partial charge in [0.15, 0.2) is 0 Å². The molecule has 1 saturated heterocycles. The number of rotatable bonds is 2. The lowest BCUT2D eigenvalue weighted by Crippen LogP contribution is -1.90. The summed E-state index contributed by atoms with van der Waals surface area (Å²) in [4.78, 5) is 0. The van der Waals surface area contributed by atoms with E-state index in [-0.39, 0.29) is 0 Å². The number of halogens is 1. The number of thioether (sulfide) groups is 1. The van der Waals surface area contributed by atoms with Crippen molar-refractivity contribution in [1.29, 1.82) is 0 Å². The van der Waals surface area contributed by atoms with Crippen LogP contribution in [0.5, 0.6) is 0 Å². The smallest absolute Gasteiger partial charge is 0.0179 e. The molecule has 0 N–H and O–H groups in total. The molecule has 0 aliphatic carbocycles. The van der Waals surface area contributed by atoms with Gasteiger partial charge in [-0.2, -0.15) is 11.8 Å². The summed E-state index contributed by atoms with van der Waals surface area (Å²) in [6.45, 7) is 0. The Morgan fingerprint density at radius 3 is 2.55 bits per heavy atom. The van der Waals surface area contributed by atoms with Crippen LogP contribution in [0.15, 0.2) is 28.7 Å². The molecular weight excluding hydrogens is 220 g/mol. The summed E-state index contributed by atoms with van der Waals surface area (Å²) in [6.07, 6.45) is 1.25. The molecule has 1 fully saturated rings. The molecule has 0 saturated carbocycles. The zero-order chi connectivity index (χ0) is 7.68. The van der Waals surface area contributed by atoms with Crippen LogP contribution in [0.2, 0.25) is 0 Å². The Hall–Kier alpha value is 0.0500. The van der Waals surface area contributed by atoms with E-state index in [1.54, 1.807) is 0 Å². The summed E-state index contributed by atoms with van der Waals surface area (Å²) in [5.41, 5.74) is 1.46.